The summed E-state index contributed by atoms with van der Waals surface area (Å²) in [7, 11) is 0. The summed E-state index contributed by atoms with van der Waals surface area (Å²) in [5, 5.41) is 48.9. The first-order chi connectivity index (χ1) is 11.3. The molecule has 0 radical (unpaired) electrons. The molecule has 5 N–H and O–H groups in total. The summed E-state index contributed by atoms with van der Waals surface area (Å²) in [6.07, 6.45) is 4.24. The largest absolute Gasteiger partial charge is 0.508 e. The van der Waals surface area contributed by atoms with E-state index in [-0.39, 0.29) is 11.3 Å². The Balaban J connectivity index is 2.25. The number of aromatic hydroxyl groups is 1. The predicted octanol–water partition coefficient (Wildman–Crippen LogP) is 2.90. The monoisotopic (exact) mass is 337 g/mol. The Kier molecular flexibility index (Phi) is 5.62. The van der Waals surface area contributed by atoms with E-state index in [4.69, 9.17) is 0 Å². The average molecular weight is 337 g/mol. The lowest BCUT2D eigenvalue weighted by Crippen LogP contribution is -2.48. The number of aliphatic hydroxyl groups excluding tert-OH is 2. The van der Waals surface area contributed by atoms with Crippen molar-refractivity contribution in [2.45, 2.75) is 51.2 Å². The maximum absolute atomic E-state index is 10.3. The lowest BCUT2D eigenvalue weighted by molar-refractivity contribution is -0.197. The van der Waals surface area contributed by atoms with E-state index < -0.39 is 23.2 Å². The zero-order valence-corrected chi connectivity index (χ0v) is 14.2. The van der Waals surface area contributed by atoms with E-state index >= 15 is 0 Å². The van der Waals surface area contributed by atoms with Crippen LogP contribution in [0, 0.1) is 0 Å². The van der Waals surface area contributed by atoms with E-state index in [1.54, 1.807) is 18.2 Å². The van der Waals surface area contributed by atoms with Crippen molar-refractivity contribution in [2.75, 3.05) is 18.0 Å². The van der Waals surface area contributed by atoms with E-state index in [0.29, 0.717) is 0 Å². The van der Waals surface area contributed by atoms with Gasteiger partial charge in [-0.15, -0.1) is 0 Å². The zero-order chi connectivity index (χ0) is 17.9. The summed E-state index contributed by atoms with van der Waals surface area (Å²) in [5.41, 5.74) is 1.02. The quantitative estimate of drug-likeness (QED) is 0.467. The van der Waals surface area contributed by atoms with Crippen LogP contribution in [0.25, 0.3) is 0 Å². The highest BCUT2D eigenvalue weighted by molar-refractivity contribution is 5.57. The minimum Gasteiger partial charge on any atom is -0.508 e. The van der Waals surface area contributed by atoms with E-state index in [1.165, 1.54) is 0 Å². The lowest BCUT2D eigenvalue weighted by atomic mass is 9.77. The second-order valence-corrected chi connectivity index (χ2v) is 6.33. The standard InChI is InChI=1S/C18H27NO5/c1-3-5-9-19(10-6-4-2)12-7-8-13(14(20)11-12)15-16(21)17(22)18(15,23)24/h7-8,11,15,20-24H,3-6,9-10H2,1-2H3. The normalized spacial score (nSPS) is 19.2. The molecule has 134 valence electrons. The number of phenolic OH excluding ortho intramolecular Hbond substituents is 1. The highest BCUT2D eigenvalue weighted by Crippen LogP contribution is 2.49. The summed E-state index contributed by atoms with van der Waals surface area (Å²) < 4.78 is 0. The molecule has 1 aromatic carbocycles. The van der Waals surface area contributed by atoms with Crippen LogP contribution >= 0.6 is 0 Å². The van der Waals surface area contributed by atoms with Crippen molar-refractivity contribution < 1.29 is 25.5 Å². The molecule has 0 saturated carbocycles. The van der Waals surface area contributed by atoms with Crippen molar-refractivity contribution in [2.24, 2.45) is 0 Å². The van der Waals surface area contributed by atoms with Crippen LogP contribution < -0.4 is 4.90 Å². The molecule has 2 rings (SSSR count). The van der Waals surface area contributed by atoms with Crippen molar-refractivity contribution in [3.8, 4) is 5.75 Å². The molecule has 1 atom stereocenters. The van der Waals surface area contributed by atoms with Gasteiger partial charge in [-0.05, 0) is 18.9 Å². The van der Waals surface area contributed by atoms with Crippen LogP contribution in [0.3, 0.4) is 0 Å². The van der Waals surface area contributed by atoms with Crippen molar-refractivity contribution in [3.63, 3.8) is 0 Å². The lowest BCUT2D eigenvalue weighted by Gasteiger charge is -2.39. The van der Waals surface area contributed by atoms with Crippen LogP contribution in [0.15, 0.2) is 29.7 Å². The maximum Gasteiger partial charge on any atom is 0.240 e. The number of hydrogen-bond acceptors (Lipinski definition) is 6. The van der Waals surface area contributed by atoms with Gasteiger partial charge in [-0.25, -0.2) is 0 Å². The number of rotatable bonds is 8. The van der Waals surface area contributed by atoms with Gasteiger partial charge in [0.25, 0.3) is 0 Å². The molecular weight excluding hydrogens is 310 g/mol. The second-order valence-electron chi connectivity index (χ2n) is 6.33. The zero-order valence-electron chi connectivity index (χ0n) is 14.2. The van der Waals surface area contributed by atoms with Gasteiger partial charge in [0.05, 0.1) is 0 Å². The third kappa shape index (κ3) is 3.30. The molecule has 6 nitrogen and oxygen atoms in total. The number of aliphatic hydroxyl groups is 4. The summed E-state index contributed by atoms with van der Waals surface area (Å²) in [5.74, 6) is -5.33. The van der Waals surface area contributed by atoms with Gasteiger partial charge in [0, 0.05) is 30.4 Å². The van der Waals surface area contributed by atoms with E-state index in [2.05, 4.69) is 18.7 Å². The predicted molar refractivity (Wildman–Crippen MR) is 92.3 cm³/mol. The smallest absolute Gasteiger partial charge is 0.240 e. The van der Waals surface area contributed by atoms with Crippen molar-refractivity contribution >= 4 is 5.69 Å². The molecule has 1 unspecified atom stereocenters. The molecule has 1 aromatic rings. The average Bonchev–Trinajstić information content (AvgIpc) is 2.56. The molecule has 0 aliphatic heterocycles. The first kappa shape index (κ1) is 18.4. The molecule has 1 aliphatic rings. The molecule has 0 bridgehead atoms. The fourth-order valence-electron chi connectivity index (χ4n) is 2.98. The van der Waals surface area contributed by atoms with E-state index in [1.807, 2.05) is 0 Å². The van der Waals surface area contributed by atoms with Gasteiger partial charge >= 0.3 is 0 Å². The van der Waals surface area contributed by atoms with Crippen LogP contribution in [-0.2, 0) is 0 Å². The van der Waals surface area contributed by atoms with Crippen LogP contribution in [0.1, 0.15) is 51.0 Å². The van der Waals surface area contributed by atoms with E-state index in [9.17, 15) is 25.5 Å². The second kappa shape index (κ2) is 7.32. The van der Waals surface area contributed by atoms with Gasteiger partial charge < -0.3 is 30.4 Å². The van der Waals surface area contributed by atoms with Gasteiger partial charge in [-0.3, -0.25) is 0 Å². The van der Waals surface area contributed by atoms with Crippen LogP contribution in [0.2, 0.25) is 0 Å². The number of benzene rings is 1. The summed E-state index contributed by atoms with van der Waals surface area (Å²) in [4.78, 5) is 2.19. The van der Waals surface area contributed by atoms with Gasteiger partial charge in [0.1, 0.15) is 17.4 Å². The fraction of sp³-hybridized carbons (Fsp3) is 0.556. The van der Waals surface area contributed by atoms with Gasteiger partial charge in [-0.1, -0.05) is 32.8 Å². The Hall–Kier alpha value is -1.92. The highest BCUT2D eigenvalue weighted by atomic mass is 16.5. The minimum atomic E-state index is -2.55. The van der Waals surface area contributed by atoms with Gasteiger partial charge in [0.2, 0.25) is 5.79 Å². The van der Waals surface area contributed by atoms with Crippen molar-refractivity contribution in [1.82, 2.24) is 0 Å². The first-order valence-corrected chi connectivity index (χ1v) is 8.49. The van der Waals surface area contributed by atoms with Crippen LogP contribution in [0.4, 0.5) is 5.69 Å². The molecule has 0 fully saturated rings. The molecule has 1 aliphatic carbocycles. The minimum absolute atomic E-state index is 0.137. The fourth-order valence-corrected chi connectivity index (χ4v) is 2.98. The van der Waals surface area contributed by atoms with Crippen LogP contribution in [0.5, 0.6) is 5.75 Å². The number of anilines is 1. The molecule has 0 aromatic heterocycles. The van der Waals surface area contributed by atoms with Crippen LogP contribution in [-0.4, -0.2) is 44.4 Å². The SMILES string of the molecule is CCCCN(CCCC)c1ccc(C2C(O)=C(O)C2(O)O)c(O)c1. The Morgan fingerprint density at radius 1 is 1.00 bits per heavy atom. The Morgan fingerprint density at radius 2 is 1.58 bits per heavy atom. The number of nitrogens with zero attached hydrogens (tertiary/aromatic N) is 1. The third-order valence-corrected chi connectivity index (χ3v) is 4.52. The van der Waals surface area contributed by atoms with Gasteiger partial charge in [-0.2, -0.15) is 0 Å². The Labute approximate surface area is 142 Å². The summed E-state index contributed by atoms with van der Waals surface area (Å²) in [6.45, 7) is 6.01. The first-order valence-electron chi connectivity index (χ1n) is 8.49. The van der Waals surface area contributed by atoms with Crippen molar-refractivity contribution in [1.29, 1.82) is 0 Å². The summed E-state index contributed by atoms with van der Waals surface area (Å²) in [6, 6.07) is 4.92. The molecular formula is C18H27NO5. The van der Waals surface area contributed by atoms with Crippen molar-refractivity contribution in [3.05, 3.63) is 35.3 Å². The molecule has 0 saturated heterocycles. The number of hydrogen-bond donors (Lipinski definition) is 5. The topological polar surface area (TPSA) is 104 Å². The Bertz CT molecular complexity index is 603. The number of unbranched alkanes of at least 4 members (excludes halogenated alkanes) is 2. The summed E-state index contributed by atoms with van der Waals surface area (Å²) >= 11 is 0. The molecule has 0 amide bonds. The third-order valence-electron chi connectivity index (χ3n) is 4.52. The van der Waals surface area contributed by atoms with E-state index in [0.717, 1.165) is 44.5 Å². The molecule has 6 heteroatoms. The Morgan fingerprint density at radius 3 is 2.04 bits per heavy atom. The number of phenols is 1. The molecule has 0 heterocycles. The van der Waals surface area contributed by atoms with Gasteiger partial charge in [0.15, 0.2) is 5.76 Å². The highest BCUT2D eigenvalue weighted by Gasteiger charge is 2.55. The molecule has 24 heavy (non-hydrogen) atoms. The maximum atomic E-state index is 10.3. The molecule has 0 spiro atoms.